The van der Waals surface area contributed by atoms with E-state index in [-0.39, 0.29) is 17.4 Å². The van der Waals surface area contributed by atoms with Crippen molar-refractivity contribution in [1.29, 1.82) is 0 Å². The predicted octanol–water partition coefficient (Wildman–Crippen LogP) is 1.69. The Balaban J connectivity index is 2.34. The number of carbonyl (C=O) groups excluding carboxylic acids is 2. The van der Waals surface area contributed by atoms with Crippen LogP contribution in [-0.2, 0) is 11.3 Å². The van der Waals surface area contributed by atoms with Gasteiger partial charge in [-0.3, -0.25) is 9.59 Å². The fraction of sp³-hybridized carbons (Fsp3) is 0.267. The number of nitrogens with zero attached hydrogens (tertiary/aromatic N) is 2. The number of nitrogens with one attached hydrogen (secondary N) is 1. The standard InChI is InChI=1S/C15H18N4O2/c1-3-12(20)18-15-13(14(16)21)19(9-17-15)8-11-7-5-4-6-10(11)2/h4-7,9H,3,8H2,1-2H3,(H2,16,21)(H,18,20). The lowest BCUT2D eigenvalue weighted by atomic mass is 10.1. The van der Waals surface area contributed by atoms with Gasteiger partial charge < -0.3 is 15.6 Å². The molecule has 1 aromatic carbocycles. The molecule has 1 heterocycles. The van der Waals surface area contributed by atoms with Crippen molar-refractivity contribution in [2.75, 3.05) is 5.32 Å². The van der Waals surface area contributed by atoms with E-state index >= 15 is 0 Å². The fourth-order valence-corrected chi connectivity index (χ4v) is 2.04. The van der Waals surface area contributed by atoms with Gasteiger partial charge >= 0.3 is 0 Å². The van der Waals surface area contributed by atoms with Crippen molar-refractivity contribution >= 4 is 17.6 Å². The summed E-state index contributed by atoms with van der Waals surface area (Å²) in [6, 6.07) is 7.86. The molecular weight excluding hydrogens is 268 g/mol. The van der Waals surface area contributed by atoms with Gasteiger partial charge in [0.15, 0.2) is 11.5 Å². The van der Waals surface area contributed by atoms with E-state index in [1.165, 1.54) is 6.33 Å². The van der Waals surface area contributed by atoms with Gasteiger partial charge in [0.2, 0.25) is 5.91 Å². The van der Waals surface area contributed by atoms with Crippen LogP contribution in [0.3, 0.4) is 0 Å². The molecule has 6 nitrogen and oxygen atoms in total. The Kier molecular flexibility index (Phi) is 4.37. The number of benzene rings is 1. The molecule has 2 amide bonds. The van der Waals surface area contributed by atoms with Gasteiger partial charge in [-0.05, 0) is 18.1 Å². The number of nitrogens with two attached hydrogens (primary N) is 1. The number of aromatic nitrogens is 2. The molecular formula is C15H18N4O2. The third kappa shape index (κ3) is 3.28. The summed E-state index contributed by atoms with van der Waals surface area (Å²) in [5.41, 5.74) is 7.80. The molecule has 2 aromatic rings. The second-order valence-electron chi connectivity index (χ2n) is 4.76. The number of rotatable bonds is 5. The van der Waals surface area contributed by atoms with E-state index in [1.54, 1.807) is 11.5 Å². The predicted molar refractivity (Wildman–Crippen MR) is 79.9 cm³/mol. The Hall–Kier alpha value is -2.63. The molecule has 0 saturated carbocycles. The van der Waals surface area contributed by atoms with Crippen molar-refractivity contribution in [3.63, 3.8) is 0 Å². The zero-order valence-electron chi connectivity index (χ0n) is 12.1. The minimum absolute atomic E-state index is 0.208. The molecule has 0 atom stereocenters. The highest BCUT2D eigenvalue weighted by atomic mass is 16.2. The zero-order chi connectivity index (χ0) is 15.4. The van der Waals surface area contributed by atoms with Gasteiger partial charge in [0, 0.05) is 13.0 Å². The first-order chi connectivity index (χ1) is 10.0. The molecule has 2 rings (SSSR count). The number of amides is 2. The van der Waals surface area contributed by atoms with Crippen molar-refractivity contribution in [1.82, 2.24) is 9.55 Å². The topological polar surface area (TPSA) is 90.0 Å². The average molecular weight is 286 g/mol. The van der Waals surface area contributed by atoms with E-state index in [2.05, 4.69) is 10.3 Å². The number of primary amides is 1. The summed E-state index contributed by atoms with van der Waals surface area (Å²) in [6.45, 7) is 4.19. The number of hydrogen-bond donors (Lipinski definition) is 2. The average Bonchev–Trinajstić information content (AvgIpc) is 2.84. The summed E-state index contributed by atoms with van der Waals surface area (Å²) in [5, 5.41) is 2.59. The molecule has 0 aliphatic carbocycles. The van der Waals surface area contributed by atoms with Gasteiger partial charge in [-0.1, -0.05) is 31.2 Å². The molecule has 6 heteroatoms. The number of hydrogen-bond acceptors (Lipinski definition) is 3. The van der Waals surface area contributed by atoms with Crippen molar-refractivity contribution in [3.8, 4) is 0 Å². The van der Waals surface area contributed by atoms with Crippen LogP contribution in [0, 0.1) is 6.92 Å². The van der Waals surface area contributed by atoms with Gasteiger partial charge in [0.1, 0.15) is 0 Å². The van der Waals surface area contributed by atoms with Crippen molar-refractivity contribution < 1.29 is 9.59 Å². The van der Waals surface area contributed by atoms with Crippen LogP contribution in [0.15, 0.2) is 30.6 Å². The lowest BCUT2D eigenvalue weighted by Crippen LogP contribution is -2.21. The maximum atomic E-state index is 11.7. The Bertz CT molecular complexity index is 676. The molecule has 0 bridgehead atoms. The molecule has 0 unspecified atom stereocenters. The van der Waals surface area contributed by atoms with Gasteiger partial charge in [0.05, 0.1) is 6.33 Å². The molecule has 21 heavy (non-hydrogen) atoms. The lowest BCUT2D eigenvalue weighted by Gasteiger charge is -2.09. The van der Waals surface area contributed by atoms with Crippen LogP contribution in [0.2, 0.25) is 0 Å². The van der Waals surface area contributed by atoms with Crippen LogP contribution in [0.4, 0.5) is 5.82 Å². The monoisotopic (exact) mass is 286 g/mol. The molecule has 0 aliphatic rings. The maximum absolute atomic E-state index is 11.7. The largest absolute Gasteiger partial charge is 0.364 e. The SMILES string of the molecule is CCC(=O)Nc1ncn(Cc2ccccc2C)c1C(N)=O. The first-order valence-electron chi connectivity index (χ1n) is 6.72. The smallest absolute Gasteiger partial charge is 0.269 e. The Morgan fingerprint density at radius 1 is 1.33 bits per heavy atom. The molecule has 0 radical (unpaired) electrons. The number of aryl methyl sites for hydroxylation is 1. The minimum atomic E-state index is -0.618. The van der Waals surface area contributed by atoms with Crippen LogP contribution >= 0.6 is 0 Å². The molecule has 0 fully saturated rings. The van der Waals surface area contributed by atoms with E-state index in [0.717, 1.165) is 11.1 Å². The molecule has 0 saturated heterocycles. The Labute approximate surface area is 123 Å². The van der Waals surface area contributed by atoms with Gasteiger partial charge in [-0.15, -0.1) is 0 Å². The Morgan fingerprint density at radius 2 is 2.05 bits per heavy atom. The van der Waals surface area contributed by atoms with Crippen molar-refractivity contribution in [2.24, 2.45) is 5.73 Å². The first-order valence-corrected chi connectivity index (χ1v) is 6.72. The van der Waals surface area contributed by atoms with Crippen LogP contribution in [0.25, 0.3) is 0 Å². The number of anilines is 1. The molecule has 1 aromatic heterocycles. The van der Waals surface area contributed by atoms with Gasteiger partial charge in [-0.25, -0.2) is 4.98 Å². The van der Waals surface area contributed by atoms with E-state index in [1.807, 2.05) is 31.2 Å². The van der Waals surface area contributed by atoms with E-state index in [0.29, 0.717) is 13.0 Å². The third-order valence-corrected chi connectivity index (χ3v) is 3.25. The van der Waals surface area contributed by atoms with Gasteiger partial charge in [0.25, 0.3) is 5.91 Å². The molecule has 0 aliphatic heterocycles. The van der Waals surface area contributed by atoms with Crippen LogP contribution in [-0.4, -0.2) is 21.4 Å². The Morgan fingerprint density at radius 3 is 2.67 bits per heavy atom. The van der Waals surface area contributed by atoms with Crippen molar-refractivity contribution in [2.45, 2.75) is 26.8 Å². The second kappa shape index (κ2) is 6.21. The molecule has 3 N–H and O–H groups in total. The zero-order valence-corrected chi connectivity index (χ0v) is 12.1. The van der Waals surface area contributed by atoms with Crippen LogP contribution in [0.1, 0.15) is 35.0 Å². The first kappa shape index (κ1) is 14.8. The second-order valence-corrected chi connectivity index (χ2v) is 4.76. The lowest BCUT2D eigenvalue weighted by molar-refractivity contribution is -0.115. The highest BCUT2D eigenvalue weighted by molar-refractivity contribution is 6.00. The van der Waals surface area contributed by atoms with Gasteiger partial charge in [-0.2, -0.15) is 0 Å². The van der Waals surface area contributed by atoms with Crippen LogP contribution < -0.4 is 11.1 Å². The normalized spacial score (nSPS) is 10.4. The van der Waals surface area contributed by atoms with E-state index < -0.39 is 5.91 Å². The number of carbonyl (C=O) groups is 2. The third-order valence-electron chi connectivity index (χ3n) is 3.25. The summed E-state index contributed by atoms with van der Waals surface area (Å²) < 4.78 is 1.65. The summed E-state index contributed by atoms with van der Waals surface area (Å²) in [5.74, 6) is -0.617. The minimum Gasteiger partial charge on any atom is -0.364 e. The summed E-state index contributed by atoms with van der Waals surface area (Å²) in [6.07, 6.45) is 1.82. The van der Waals surface area contributed by atoms with Crippen LogP contribution in [0.5, 0.6) is 0 Å². The highest BCUT2D eigenvalue weighted by Crippen LogP contribution is 2.17. The fourth-order valence-electron chi connectivity index (χ4n) is 2.04. The maximum Gasteiger partial charge on any atom is 0.269 e. The highest BCUT2D eigenvalue weighted by Gasteiger charge is 2.18. The van der Waals surface area contributed by atoms with E-state index in [4.69, 9.17) is 5.73 Å². The molecule has 0 spiro atoms. The number of imidazole rings is 1. The summed E-state index contributed by atoms with van der Waals surface area (Å²) in [4.78, 5) is 27.2. The summed E-state index contributed by atoms with van der Waals surface area (Å²) >= 11 is 0. The van der Waals surface area contributed by atoms with Crippen molar-refractivity contribution in [3.05, 3.63) is 47.4 Å². The summed E-state index contributed by atoms with van der Waals surface area (Å²) in [7, 11) is 0. The van der Waals surface area contributed by atoms with E-state index in [9.17, 15) is 9.59 Å². The molecule has 110 valence electrons. The quantitative estimate of drug-likeness (QED) is 0.876.